The number of aromatic nitrogens is 1. The van der Waals surface area contributed by atoms with E-state index in [4.69, 9.17) is 0 Å². The molecule has 0 radical (unpaired) electrons. The SMILES string of the molecule is Cc1cc[nH]c(=O)c1C1CCNCC1. The minimum absolute atomic E-state index is 0.0944. The van der Waals surface area contributed by atoms with Gasteiger partial charge in [0.1, 0.15) is 0 Å². The summed E-state index contributed by atoms with van der Waals surface area (Å²) in [5.74, 6) is 0.446. The number of hydrogen-bond donors (Lipinski definition) is 2. The first-order chi connectivity index (χ1) is 6.79. The molecular weight excluding hydrogens is 176 g/mol. The van der Waals surface area contributed by atoms with Crippen molar-refractivity contribution in [3.05, 3.63) is 33.7 Å². The maximum absolute atomic E-state index is 11.7. The lowest BCUT2D eigenvalue weighted by molar-refractivity contribution is 0.456. The number of hydrogen-bond acceptors (Lipinski definition) is 2. The van der Waals surface area contributed by atoms with Crippen LogP contribution in [0.1, 0.15) is 29.9 Å². The van der Waals surface area contributed by atoms with E-state index < -0.39 is 0 Å². The van der Waals surface area contributed by atoms with E-state index in [9.17, 15) is 4.79 Å². The van der Waals surface area contributed by atoms with Crippen LogP contribution in [-0.2, 0) is 0 Å². The second-order valence-electron chi connectivity index (χ2n) is 3.93. The Hall–Kier alpha value is -1.09. The van der Waals surface area contributed by atoms with E-state index in [2.05, 4.69) is 10.3 Å². The van der Waals surface area contributed by atoms with Gasteiger partial charge in [0.25, 0.3) is 5.56 Å². The van der Waals surface area contributed by atoms with Gasteiger partial charge < -0.3 is 10.3 Å². The number of rotatable bonds is 1. The smallest absolute Gasteiger partial charge is 0.251 e. The minimum Gasteiger partial charge on any atom is -0.329 e. The molecule has 3 nitrogen and oxygen atoms in total. The number of pyridine rings is 1. The normalized spacial score (nSPS) is 18.4. The van der Waals surface area contributed by atoms with Crippen LogP contribution < -0.4 is 10.9 Å². The Balaban J connectivity index is 2.34. The highest BCUT2D eigenvalue weighted by atomic mass is 16.1. The van der Waals surface area contributed by atoms with Crippen LogP contribution in [0.15, 0.2) is 17.1 Å². The molecule has 2 N–H and O–H groups in total. The van der Waals surface area contributed by atoms with Gasteiger partial charge in [0.15, 0.2) is 0 Å². The molecule has 2 rings (SSSR count). The average Bonchev–Trinajstić information content (AvgIpc) is 2.19. The molecule has 2 heterocycles. The van der Waals surface area contributed by atoms with Gasteiger partial charge in [0.05, 0.1) is 0 Å². The summed E-state index contributed by atoms with van der Waals surface area (Å²) in [6.45, 7) is 4.07. The van der Waals surface area contributed by atoms with Crippen LogP contribution in [-0.4, -0.2) is 18.1 Å². The Morgan fingerprint density at radius 1 is 1.36 bits per heavy atom. The van der Waals surface area contributed by atoms with Gasteiger partial charge in [-0.05, 0) is 50.4 Å². The maximum Gasteiger partial charge on any atom is 0.251 e. The summed E-state index contributed by atoms with van der Waals surface area (Å²) >= 11 is 0. The topological polar surface area (TPSA) is 44.9 Å². The lowest BCUT2D eigenvalue weighted by Crippen LogP contribution is -2.30. The van der Waals surface area contributed by atoms with Gasteiger partial charge in [-0.15, -0.1) is 0 Å². The second kappa shape index (κ2) is 3.96. The largest absolute Gasteiger partial charge is 0.329 e. The van der Waals surface area contributed by atoms with Crippen molar-refractivity contribution in [1.29, 1.82) is 0 Å². The number of aryl methyl sites for hydroxylation is 1. The Morgan fingerprint density at radius 2 is 2.07 bits per heavy atom. The number of aromatic amines is 1. The first kappa shape index (κ1) is 9.46. The third-order valence-corrected chi connectivity index (χ3v) is 2.96. The molecule has 0 amide bonds. The van der Waals surface area contributed by atoms with Gasteiger partial charge in [-0.25, -0.2) is 0 Å². The highest BCUT2D eigenvalue weighted by Gasteiger charge is 2.19. The standard InChI is InChI=1S/C11H16N2O/c1-8-2-7-13-11(14)10(8)9-3-5-12-6-4-9/h2,7,9,12H,3-6H2,1H3,(H,13,14). The summed E-state index contributed by atoms with van der Waals surface area (Å²) in [4.78, 5) is 14.4. The first-order valence-electron chi connectivity index (χ1n) is 5.18. The molecular formula is C11H16N2O. The van der Waals surface area contributed by atoms with Crippen molar-refractivity contribution in [2.45, 2.75) is 25.7 Å². The van der Waals surface area contributed by atoms with Gasteiger partial charge in [-0.3, -0.25) is 4.79 Å². The Morgan fingerprint density at radius 3 is 2.71 bits per heavy atom. The van der Waals surface area contributed by atoms with Crippen LogP contribution >= 0.6 is 0 Å². The fourth-order valence-corrected chi connectivity index (χ4v) is 2.21. The summed E-state index contributed by atoms with van der Waals surface area (Å²) in [5.41, 5.74) is 2.21. The van der Waals surface area contributed by atoms with Gasteiger partial charge in [-0.2, -0.15) is 0 Å². The van der Waals surface area contributed by atoms with E-state index in [1.165, 1.54) is 0 Å². The van der Waals surface area contributed by atoms with Crippen LogP contribution in [0.3, 0.4) is 0 Å². The highest BCUT2D eigenvalue weighted by molar-refractivity contribution is 5.26. The maximum atomic E-state index is 11.7. The zero-order valence-corrected chi connectivity index (χ0v) is 8.47. The van der Waals surface area contributed by atoms with Crippen molar-refractivity contribution >= 4 is 0 Å². The third kappa shape index (κ3) is 1.73. The average molecular weight is 192 g/mol. The summed E-state index contributed by atoms with van der Waals surface area (Å²) in [6, 6.07) is 1.98. The monoisotopic (exact) mass is 192 g/mol. The lowest BCUT2D eigenvalue weighted by atomic mass is 9.88. The Labute approximate surface area is 83.5 Å². The highest BCUT2D eigenvalue weighted by Crippen LogP contribution is 2.24. The van der Waals surface area contributed by atoms with E-state index in [0.29, 0.717) is 5.92 Å². The molecule has 76 valence electrons. The van der Waals surface area contributed by atoms with Crippen LogP contribution in [0.5, 0.6) is 0 Å². The Kier molecular flexibility index (Phi) is 2.68. The van der Waals surface area contributed by atoms with Crippen LogP contribution in [0.4, 0.5) is 0 Å². The molecule has 14 heavy (non-hydrogen) atoms. The molecule has 0 aromatic carbocycles. The summed E-state index contributed by atoms with van der Waals surface area (Å²) < 4.78 is 0. The molecule has 1 aromatic rings. The Bertz CT molecular complexity index is 364. The first-order valence-corrected chi connectivity index (χ1v) is 5.18. The molecule has 0 unspecified atom stereocenters. The predicted molar refractivity (Wildman–Crippen MR) is 56.6 cm³/mol. The van der Waals surface area contributed by atoms with Crippen molar-refractivity contribution in [3.63, 3.8) is 0 Å². The van der Waals surface area contributed by atoms with Crippen LogP contribution in [0.25, 0.3) is 0 Å². The van der Waals surface area contributed by atoms with Crippen molar-refractivity contribution in [2.75, 3.05) is 13.1 Å². The van der Waals surface area contributed by atoms with Crippen molar-refractivity contribution in [2.24, 2.45) is 0 Å². The zero-order chi connectivity index (χ0) is 9.97. The molecule has 0 atom stereocenters. The number of H-pyrrole nitrogens is 1. The van der Waals surface area contributed by atoms with E-state index in [0.717, 1.165) is 37.1 Å². The quantitative estimate of drug-likeness (QED) is 0.701. The number of nitrogens with one attached hydrogen (secondary N) is 2. The summed E-state index contributed by atoms with van der Waals surface area (Å²) in [6.07, 6.45) is 3.88. The molecule has 1 saturated heterocycles. The van der Waals surface area contributed by atoms with Crippen LogP contribution in [0.2, 0.25) is 0 Å². The predicted octanol–water partition coefficient (Wildman–Crippen LogP) is 1.15. The second-order valence-corrected chi connectivity index (χ2v) is 3.93. The fraction of sp³-hybridized carbons (Fsp3) is 0.545. The van der Waals surface area contributed by atoms with Crippen LogP contribution in [0, 0.1) is 6.92 Å². The van der Waals surface area contributed by atoms with E-state index in [1.54, 1.807) is 6.20 Å². The van der Waals surface area contributed by atoms with Gasteiger partial charge >= 0.3 is 0 Å². The molecule has 1 aliphatic rings. The lowest BCUT2D eigenvalue weighted by Gasteiger charge is -2.23. The van der Waals surface area contributed by atoms with E-state index in [-0.39, 0.29) is 5.56 Å². The molecule has 0 spiro atoms. The van der Waals surface area contributed by atoms with Gasteiger partial charge in [0.2, 0.25) is 0 Å². The van der Waals surface area contributed by atoms with Crippen molar-refractivity contribution < 1.29 is 0 Å². The van der Waals surface area contributed by atoms with Crippen molar-refractivity contribution in [3.8, 4) is 0 Å². The van der Waals surface area contributed by atoms with Gasteiger partial charge in [0, 0.05) is 11.8 Å². The number of piperidine rings is 1. The third-order valence-electron chi connectivity index (χ3n) is 2.96. The van der Waals surface area contributed by atoms with E-state index >= 15 is 0 Å². The molecule has 0 bridgehead atoms. The minimum atomic E-state index is 0.0944. The molecule has 0 saturated carbocycles. The van der Waals surface area contributed by atoms with Crippen molar-refractivity contribution in [1.82, 2.24) is 10.3 Å². The van der Waals surface area contributed by atoms with Gasteiger partial charge in [-0.1, -0.05) is 0 Å². The molecule has 1 fully saturated rings. The molecule has 1 aliphatic heterocycles. The summed E-state index contributed by atoms with van der Waals surface area (Å²) in [5, 5.41) is 3.31. The van der Waals surface area contributed by atoms with E-state index in [1.807, 2.05) is 13.0 Å². The summed E-state index contributed by atoms with van der Waals surface area (Å²) in [7, 11) is 0. The molecule has 3 heteroatoms. The zero-order valence-electron chi connectivity index (χ0n) is 8.47. The molecule has 1 aromatic heterocycles. The fourth-order valence-electron chi connectivity index (χ4n) is 2.21. The molecule has 0 aliphatic carbocycles.